The third-order valence-corrected chi connectivity index (χ3v) is 6.65. The summed E-state index contributed by atoms with van der Waals surface area (Å²) in [5, 5.41) is 9.87. The number of ether oxygens (including phenoxy) is 1. The van der Waals surface area contributed by atoms with Gasteiger partial charge in [0.25, 0.3) is 0 Å². The topological polar surface area (TPSA) is 75.6 Å². The van der Waals surface area contributed by atoms with Crippen LogP contribution in [0.4, 0.5) is 5.82 Å². The number of aromatic nitrogens is 2. The van der Waals surface area contributed by atoms with Crippen LogP contribution in [-0.4, -0.2) is 40.2 Å². The first-order chi connectivity index (χ1) is 14.5. The van der Waals surface area contributed by atoms with Gasteiger partial charge in [0.05, 0.1) is 5.92 Å². The molecule has 1 aliphatic heterocycles. The summed E-state index contributed by atoms with van der Waals surface area (Å²) in [5.41, 5.74) is 3.38. The van der Waals surface area contributed by atoms with Crippen molar-refractivity contribution < 1.29 is 14.6 Å². The second-order valence-electron chi connectivity index (χ2n) is 8.27. The molecule has 2 atom stereocenters. The van der Waals surface area contributed by atoms with Crippen LogP contribution in [0.25, 0.3) is 0 Å². The Morgan fingerprint density at radius 2 is 2.10 bits per heavy atom. The van der Waals surface area contributed by atoms with Crippen molar-refractivity contribution in [2.75, 3.05) is 18.0 Å². The van der Waals surface area contributed by atoms with E-state index in [4.69, 9.17) is 16.3 Å². The Morgan fingerprint density at radius 1 is 1.33 bits per heavy atom. The number of aliphatic carboxylic acids is 1. The summed E-state index contributed by atoms with van der Waals surface area (Å²) >= 11 is 5.98. The van der Waals surface area contributed by atoms with Gasteiger partial charge < -0.3 is 14.7 Å². The van der Waals surface area contributed by atoms with E-state index in [0.717, 1.165) is 61.5 Å². The average Bonchev–Trinajstić information content (AvgIpc) is 3.16. The number of carboxylic acid groups (broad SMARTS) is 1. The average molecular weight is 430 g/mol. The molecular formula is C23H28ClN3O3. The molecule has 2 unspecified atom stereocenters. The summed E-state index contributed by atoms with van der Waals surface area (Å²) < 4.78 is 6.43. The normalized spacial score (nSPS) is 20.1. The first-order valence-electron chi connectivity index (χ1n) is 10.7. The molecular weight excluding hydrogens is 402 g/mol. The molecule has 2 aromatic rings. The molecule has 0 spiro atoms. The Hall–Kier alpha value is -2.34. The molecule has 1 aliphatic carbocycles. The number of halogens is 1. The molecule has 1 N–H and O–H groups in total. The molecule has 160 valence electrons. The van der Waals surface area contributed by atoms with E-state index in [9.17, 15) is 9.90 Å². The van der Waals surface area contributed by atoms with Gasteiger partial charge in [-0.05, 0) is 60.9 Å². The number of carbonyl (C=O) groups is 1. The van der Waals surface area contributed by atoms with Crippen LogP contribution in [0, 0.1) is 12.8 Å². The van der Waals surface area contributed by atoms with Gasteiger partial charge in [-0.2, -0.15) is 0 Å². The summed E-state index contributed by atoms with van der Waals surface area (Å²) in [5.74, 6) is 0.881. The third-order valence-electron chi connectivity index (χ3n) is 6.47. The number of fused-ring (bicyclic) bond motifs is 1. The van der Waals surface area contributed by atoms with E-state index in [0.29, 0.717) is 6.42 Å². The van der Waals surface area contributed by atoms with Gasteiger partial charge in [-0.1, -0.05) is 19.1 Å². The highest BCUT2D eigenvalue weighted by molar-refractivity contribution is 6.28. The van der Waals surface area contributed by atoms with E-state index >= 15 is 0 Å². The molecule has 0 saturated carbocycles. The fourth-order valence-electron chi connectivity index (χ4n) is 4.91. The van der Waals surface area contributed by atoms with Crippen LogP contribution in [0.3, 0.4) is 0 Å². The second kappa shape index (κ2) is 8.80. The van der Waals surface area contributed by atoms with Crippen LogP contribution in [0.15, 0.2) is 24.4 Å². The number of nitrogens with zero attached hydrogens (tertiary/aromatic N) is 3. The smallest absolute Gasteiger partial charge is 0.307 e. The number of aryl methyl sites for hydroxylation is 1. The Bertz CT molecular complexity index is 928. The SMILES string of the molecule is CCC(C(=O)O)C1CCc2c(OC3CCN(c4nc(Cl)ncc4C)CC3)cccc21. The fourth-order valence-corrected chi connectivity index (χ4v) is 5.04. The number of piperidine rings is 1. The molecule has 2 aliphatic rings. The monoisotopic (exact) mass is 429 g/mol. The minimum atomic E-state index is -0.700. The molecule has 30 heavy (non-hydrogen) atoms. The van der Waals surface area contributed by atoms with Crippen molar-refractivity contribution in [3.8, 4) is 5.75 Å². The Labute approximate surface area is 182 Å². The lowest BCUT2D eigenvalue weighted by Gasteiger charge is -2.34. The summed E-state index contributed by atoms with van der Waals surface area (Å²) in [7, 11) is 0. The lowest BCUT2D eigenvalue weighted by atomic mass is 9.85. The van der Waals surface area contributed by atoms with Crippen LogP contribution < -0.4 is 9.64 Å². The van der Waals surface area contributed by atoms with Crippen molar-refractivity contribution in [3.05, 3.63) is 46.4 Å². The first kappa shape index (κ1) is 20.9. The number of benzene rings is 1. The van der Waals surface area contributed by atoms with E-state index in [1.807, 2.05) is 26.0 Å². The van der Waals surface area contributed by atoms with Gasteiger partial charge in [0.2, 0.25) is 5.28 Å². The van der Waals surface area contributed by atoms with Gasteiger partial charge in [0, 0.05) is 37.7 Å². The molecule has 1 fully saturated rings. The van der Waals surface area contributed by atoms with Crippen LogP contribution in [0.5, 0.6) is 5.75 Å². The quantitative estimate of drug-likeness (QED) is 0.675. The van der Waals surface area contributed by atoms with E-state index in [-0.39, 0.29) is 23.2 Å². The van der Waals surface area contributed by atoms with Crippen molar-refractivity contribution in [2.24, 2.45) is 5.92 Å². The van der Waals surface area contributed by atoms with Gasteiger partial charge in [-0.25, -0.2) is 9.97 Å². The van der Waals surface area contributed by atoms with Gasteiger partial charge >= 0.3 is 5.97 Å². The number of rotatable bonds is 6. The molecule has 0 amide bonds. The van der Waals surface area contributed by atoms with E-state index in [1.54, 1.807) is 6.20 Å². The Kier molecular flexibility index (Phi) is 6.14. The van der Waals surface area contributed by atoms with Crippen molar-refractivity contribution in [2.45, 2.75) is 58.0 Å². The van der Waals surface area contributed by atoms with Gasteiger partial charge in [-0.15, -0.1) is 0 Å². The molecule has 7 heteroatoms. The summed E-state index contributed by atoms with van der Waals surface area (Å²) in [4.78, 5) is 22.3. The largest absolute Gasteiger partial charge is 0.490 e. The van der Waals surface area contributed by atoms with Crippen LogP contribution in [-0.2, 0) is 11.2 Å². The van der Waals surface area contributed by atoms with Gasteiger partial charge in [0.15, 0.2) is 0 Å². The summed E-state index contributed by atoms with van der Waals surface area (Å²) in [6.45, 7) is 5.66. The number of hydrogen-bond acceptors (Lipinski definition) is 5. The highest BCUT2D eigenvalue weighted by Gasteiger charge is 2.35. The second-order valence-corrected chi connectivity index (χ2v) is 8.61. The molecule has 1 saturated heterocycles. The van der Waals surface area contributed by atoms with Crippen molar-refractivity contribution >= 4 is 23.4 Å². The van der Waals surface area contributed by atoms with Crippen LogP contribution in [0.1, 0.15) is 55.2 Å². The Balaban J connectivity index is 1.44. The molecule has 1 aromatic heterocycles. The van der Waals surface area contributed by atoms with E-state index in [2.05, 4.69) is 20.9 Å². The molecule has 4 rings (SSSR count). The van der Waals surface area contributed by atoms with Crippen LogP contribution >= 0.6 is 11.6 Å². The van der Waals surface area contributed by atoms with Gasteiger partial charge in [0.1, 0.15) is 17.7 Å². The first-order valence-corrected chi connectivity index (χ1v) is 11.1. The van der Waals surface area contributed by atoms with Crippen molar-refractivity contribution in [1.82, 2.24) is 9.97 Å². The molecule has 2 heterocycles. The lowest BCUT2D eigenvalue weighted by molar-refractivity contribution is -0.142. The maximum Gasteiger partial charge on any atom is 0.307 e. The predicted molar refractivity (Wildman–Crippen MR) is 117 cm³/mol. The van der Waals surface area contributed by atoms with E-state index < -0.39 is 5.97 Å². The zero-order chi connectivity index (χ0) is 21.3. The standard InChI is InChI=1S/C23H28ClN3O3/c1-3-16(22(28)29)18-7-8-19-17(18)5-4-6-20(19)30-15-9-11-27(12-10-15)21-14(2)13-25-23(24)26-21/h4-6,13,15-16,18H,3,7-12H2,1-2H3,(H,28,29). The summed E-state index contributed by atoms with van der Waals surface area (Å²) in [6, 6.07) is 6.11. The third kappa shape index (κ3) is 4.10. The fraction of sp³-hybridized carbons (Fsp3) is 0.522. The number of hydrogen-bond donors (Lipinski definition) is 1. The predicted octanol–water partition coefficient (Wildman–Crippen LogP) is 4.63. The molecule has 6 nitrogen and oxygen atoms in total. The van der Waals surface area contributed by atoms with E-state index in [1.165, 1.54) is 5.56 Å². The zero-order valence-electron chi connectivity index (χ0n) is 17.5. The lowest BCUT2D eigenvalue weighted by Crippen LogP contribution is -2.39. The minimum Gasteiger partial charge on any atom is -0.490 e. The zero-order valence-corrected chi connectivity index (χ0v) is 18.2. The Morgan fingerprint density at radius 3 is 2.80 bits per heavy atom. The highest BCUT2D eigenvalue weighted by atomic mass is 35.5. The van der Waals surface area contributed by atoms with Crippen molar-refractivity contribution in [3.63, 3.8) is 0 Å². The molecule has 0 radical (unpaired) electrons. The maximum absolute atomic E-state index is 11.7. The maximum atomic E-state index is 11.7. The number of anilines is 1. The molecule has 0 bridgehead atoms. The van der Waals surface area contributed by atoms with Gasteiger partial charge in [-0.3, -0.25) is 4.79 Å². The molecule has 1 aromatic carbocycles. The van der Waals surface area contributed by atoms with Crippen LogP contribution in [0.2, 0.25) is 5.28 Å². The number of carboxylic acids is 1. The highest BCUT2D eigenvalue weighted by Crippen LogP contribution is 2.43. The minimum absolute atomic E-state index is 0.0818. The van der Waals surface area contributed by atoms with Crippen molar-refractivity contribution in [1.29, 1.82) is 0 Å². The summed E-state index contributed by atoms with van der Waals surface area (Å²) in [6.07, 6.45) is 6.13.